The first-order chi connectivity index (χ1) is 17.8. The Labute approximate surface area is 209 Å². The van der Waals surface area contributed by atoms with E-state index in [9.17, 15) is 0 Å². The summed E-state index contributed by atoms with van der Waals surface area (Å²) in [6.07, 6.45) is 8.45. The van der Waals surface area contributed by atoms with Gasteiger partial charge in [-0.1, -0.05) is 24.3 Å². The van der Waals surface area contributed by atoms with Crippen LogP contribution < -0.4 is 20.1 Å². The molecule has 184 valence electrons. The number of rotatable bonds is 5. The van der Waals surface area contributed by atoms with E-state index < -0.39 is 0 Å². The van der Waals surface area contributed by atoms with E-state index in [0.717, 1.165) is 82.7 Å². The molecule has 3 aliphatic rings. The number of aromatic nitrogens is 4. The summed E-state index contributed by atoms with van der Waals surface area (Å²) in [5.41, 5.74) is 6.20. The molecule has 3 aliphatic heterocycles. The molecule has 0 radical (unpaired) electrons. The molecule has 4 aromatic rings. The lowest BCUT2D eigenvalue weighted by Crippen LogP contribution is -2.17. The maximum Gasteiger partial charge on any atom is 0.171 e. The number of nitrogens with zero attached hydrogens (tertiary/aromatic N) is 2. The lowest BCUT2D eigenvalue weighted by molar-refractivity contribution is 0.173. The number of aromatic amines is 2. The van der Waals surface area contributed by atoms with E-state index in [-0.39, 0.29) is 0 Å². The Morgan fingerprint density at radius 3 is 1.83 bits per heavy atom. The van der Waals surface area contributed by atoms with Gasteiger partial charge in [-0.25, -0.2) is 9.97 Å². The van der Waals surface area contributed by atoms with Gasteiger partial charge >= 0.3 is 0 Å². The number of imidazole rings is 2. The lowest BCUT2D eigenvalue weighted by Gasteiger charge is -2.23. The van der Waals surface area contributed by atoms with Crippen molar-refractivity contribution in [3.8, 4) is 45.1 Å². The number of hydrogen-bond donors (Lipinski definition) is 4. The summed E-state index contributed by atoms with van der Waals surface area (Å²) < 4.78 is 12.3. The fourth-order valence-electron chi connectivity index (χ4n) is 5.55. The quantitative estimate of drug-likeness (QED) is 0.328. The first kappa shape index (κ1) is 21.6. The van der Waals surface area contributed by atoms with Crippen LogP contribution in [0.1, 0.15) is 49.4 Å². The smallest absolute Gasteiger partial charge is 0.171 e. The molecule has 0 amide bonds. The number of H-pyrrole nitrogens is 2. The Kier molecular flexibility index (Phi) is 5.48. The molecule has 0 bridgehead atoms. The molecule has 0 aliphatic carbocycles. The van der Waals surface area contributed by atoms with Gasteiger partial charge in [-0.15, -0.1) is 0 Å². The molecule has 8 heteroatoms. The van der Waals surface area contributed by atoms with Gasteiger partial charge in [0.05, 0.1) is 35.9 Å². The van der Waals surface area contributed by atoms with Crippen LogP contribution in [0.25, 0.3) is 33.6 Å². The van der Waals surface area contributed by atoms with Crippen LogP contribution in [-0.4, -0.2) is 46.2 Å². The zero-order chi connectivity index (χ0) is 23.9. The number of nitrogens with one attached hydrogen (secondary N) is 4. The maximum atomic E-state index is 6.16. The summed E-state index contributed by atoms with van der Waals surface area (Å²) >= 11 is 0. The number of hydrogen-bond acceptors (Lipinski definition) is 6. The van der Waals surface area contributed by atoms with E-state index in [1.807, 2.05) is 12.4 Å². The zero-order valence-corrected chi connectivity index (χ0v) is 20.1. The second kappa shape index (κ2) is 9.11. The Balaban J connectivity index is 1.18. The minimum atomic E-state index is 0.296. The average molecular weight is 483 g/mol. The molecule has 4 N–H and O–H groups in total. The largest absolute Gasteiger partial charge is 0.485 e. The van der Waals surface area contributed by atoms with Crippen molar-refractivity contribution in [1.82, 2.24) is 30.6 Å². The summed E-state index contributed by atoms with van der Waals surface area (Å²) in [7, 11) is 0. The van der Waals surface area contributed by atoms with E-state index >= 15 is 0 Å². The SMILES string of the molecule is c1cc(-c2ccc(-c3cnc([C@@H]4CCCN4)[nH]3)c3c2OCCO3)ccc1-c1cnc([C@@H]2CCCN2)[nH]1. The summed E-state index contributed by atoms with van der Waals surface area (Å²) in [6, 6.07) is 13.4. The van der Waals surface area contributed by atoms with Gasteiger partial charge in [-0.2, -0.15) is 0 Å². The van der Waals surface area contributed by atoms with Crippen LogP contribution in [0, 0.1) is 0 Å². The highest BCUT2D eigenvalue weighted by Gasteiger charge is 2.25. The predicted octanol–water partition coefficient (Wildman–Crippen LogP) is 4.75. The maximum absolute atomic E-state index is 6.16. The normalized spacial score (nSPS) is 21.2. The van der Waals surface area contributed by atoms with Crippen LogP contribution in [0.4, 0.5) is 0 Å². The topological polar surface area (TPSA) is 99.9 Å². The summed E-state index contributed by atoms with van der Waals surface area (Å²) in [6.45, 7) is 3.17. The zero-order valence-electron chi connectivity index (χ0n) is 20.1. The van der Waals surface area contributed by atoms with Crippen LogP contribution >= 0.6 is 0 Å². The van der Waals surface area contributed by atoms with Crippen LogP contribution in [-0.2, 0) is 0 Å². The van der Waals surface area contributed by atoms with Gasteiger partial charge in [0, 0.05) is 11.1 Å². The Morgan fingerprint density at radius 2 is 1.19 bits per heavy atom. The van der Waals surface area contributed by atoms with E-state index in [1.54, 1.807) is 0 Å². The molecule has 8 nitrogen and oxygen atoms in total. The molecular formula is C28H30N6O2. The van der Waals surface area contributed by atoms with Crippen LogP contribution in [0.5, 0.6) is 11.5 Å². The molecule has 2 aromatic carbocycles. The van der Waals surface area contributed by atoms with E-state index in [1.165, 1.54) is 12.8 Å². The average Bonchev–Trinajstić information content (AvgIpc) is 3.75. The molecule has 0 unspecified atom stereocenters. The first-order valence-corrected chi connectivity index (χ1v) is 12.9. The van der Waals surface area contributed by atoms with Gasteiger partial charge in [-0.05, 0) is 62.0 Å². The Morgan fingerprint density at radius 1 is 0.639 bits per heavy atom. The Bertz CT molecular complexity index is 1360. The molecule has 0 saturated carbocycles. The second-order valence-electron chi connectivity index (χ2n) is 9.76. The van der Waals surface area contributed by atoms with Gasteiger partial charge in [0.25, 0.3) is 0 Å². The third-order valence-corrected chi connectivity index (χ3v) is 7.46. The van der Waals surface area contributed by atoms with Crippen LogP contribution in [0.15, 0.2) is 48.8 Å². The summed E-state index contributed by atoms with van der Waals surface area (Å²) in [5.74, 6) is 3.57. The summed E-state index contributed by atoms with van der Waals surface area (Å²) in [4.78, 5) is 16.3. The van der Waals surface area contributed by atoms with E-state index in [2.05, 4.69) is 67.0 Å². The van der Waals surface area contributed by atoms with Crippen molar-refractivity contribution < 1.29 is 9.47 Å². The molecule has 2 saturated heterocycles. The first-order valence-electron chi connectivity index (χ1n) is 12.9. The van der Waals surface area contributed by atoms with Crippen molar-refractivity contribution in [2.75, 3.05) is 26.3 Å². The third-order valence-electron chi connectivity index (χ3n) is 7.46. The van der Waals surface area contributed by atoms with Crippen molar-refractivity contribution in [2.45, 2.75) is 37.8 Å². The van der Waals surface area contributed by atoms with Gasteiger partial charge in [0.1, 0.15) is 24.9 Å². The number of benzene rings is 2. The Hall–Kier alpha value is -3.62. The standard InChI is InChI=1S/C28H30N6O2/c1-3-21(29-11-1)27-31-15-23(33-27)18-7-5-17(6-8-18)19-9-10-20(26-25(19)35-13-14-36-26)24-16-32-28(34-24)22-4-2-12-30-22/h5-10,15-16,21-22,29-30H,1-4,11-14H2,(H,31,33)(H,32,34)/t21-,22-/m0/s1. The molecule has 2 fully saturated rings. The fraction of sp³-hybridized carbons (Fsp3) is 0.357. The van der Waals surface area contributed by atoms with Gasteiger partial charge in [0.15, 0.2) is 11.5 Å². The molecule has 7 rings (SSSR count). The molecule has 2 aromatic heterocycles. The monoisotopic (exact) mass is 482 g/mol. The van der Waals surface area contributed by atoms with Gasteiger partial charge < -0.3 is 30.1 Å². The molecule has 0 spiro atoms. The van der Waals surface area contributed by atoms with Gasteiger partial charge in [-0.3, -0.25) is 0 Å². The van der Waals surface area contributed by atoms with Crippen molar-refractivity contribution in [2.24, 2.45) is 0 Å². The minimum Gasteiger partial charge on any atom is -0.485 e. The highest BCUT2D eigenvalue weighted by Crippen LogP contribution is 2.46. The highest BCUT2D eigenvalue weighted by molar-refractivity contribution is 5.83. The molecule has 36 heavy (non-hydrogen) atoms. The van der Waals surface area contributed by atoms with Gasteiger partial charge in [0.2, 0.25) is 0 Å². The molecule has 5 heterocycles. The number of ether oxygens (including phenoxy) is 2. The molecule has 2 atom stereocenters. The third kappa shape index (κ3) is 3.86. The van der Waals surface area contributed by atoms with Crippen molar-refractivity contribution in [3.63, 3.8) is 0 Å². The fourth-order valence-corrected chi connectivity index (χ4v) is 5.55. The minimum absolute atomic E-state index is 0.296. The van der Waals surface area contributed by atoms with Crippen molar-refractivity contribution in [3.05, 3.63) is 60.4 Å². The van der Waals surface area contributed by atoms with Crippen LogP contribution in [0.2, 0.25) is 0 Å². The van der Waals surface area contributed by atoms with Crippen LogP contribution in [0.3, 0.4) is 0 Å². The summed E-state index contributed by atoms with van der Waals surface area (Å²) in [5, 5.41) is 7.00. The van der Waals surface area contributed by atoms with E-state index in [4.69, 9.17) is 9.47 Å². The van der Waals surface area contributed by atoms with E-state index in [0.29, 0.717) is 25.3 Å². The second-order valence-corrected chi connectivity index (χ2v) is 9.76. The highest BCUT2D eigenvalue weighted by atomic mass is 16.6. The molecular weight excluding hydrogens is 452 g/mol. The van der Waals surface area contributed by atoms with Crippen molar-refractivity contribution >= 4 is 0 Å². The number of fused-ring (bicyclic) bond motifs is 1. The lowest BCUT2D eigenvalue weighted by atomic mass is 9.98. The van der Waals surface area contributed by atoms with Crippen molar-refractivity contribution in [1.29, 1.82) is 0 Å². The predicted molar refractivity (Wildman–Crippen MR) is 138 cm³/mol.